The maximum Gasteiger partial charge on any atom is 0.307 e. The number of hydrogen-bond acceptors (Lipinski definition) is 3. The van der Waals surface area contributed by atoms with E-state index in [-0.39, 0.29) is 5.92 Å². The number of rotatable bonds is 3. The lowest BCUT2D eigenvalue weighted by molar-refractivity contribution is -0.144. The highest BCUT2D eigenvalue weighted by atomic mass is 79.9. The number of nitrogens with zero attached hydrogens (tertiary/aromatic N) is 1. The predicted octanol–water partition coefficient (Wildman–Crippen LogP) is 3.07. The molecule has 2 atom stereocenters. The van der Waals surface area contributed by atoms with Gasteiger partial charge in [-0.15, -0.1) is 0 Å². The molecule has 1 N–H and O–H groups in total. The molecule has 0 spiro atoms. The number of carboxylic acids is 1. The normalized spacial score (nSPS) is 25.4. The summed E-state index contributed by atoms with van der Waals surface area (Å²) in [6, 6.07) is 4.63. The topological polar surface area (TPSA) is 49.8 Å². The molecule has 114 valence electrons. The lowest BCUT2D eigenvalue weighted by Gasteiger charge is -2.36. The lowest BCUT2D eigenvalue weighted by Crippen LogP contribution is -2.43. The zero-order chi connectivity index (χ0) is 15.0. The summed E-state index contributed by atoms with van der Waals surface area (Å²) in [5.41, 5.74) is 2.41. The minimum Gasteiger partial charge on any atom is -0.493 e. The van der Waals surface area contributed by atoms with Crippen LogP contribution in [-0.4, -0.2) is 35.2 Å². The average Bonchev–Trinajstić information content (AvgIpc) is 2.89. The second kappa shape index (κ2) is 5.97. The number of carboxylic acid groups (broad SMARTS) is 1. The highest BCUT2D eigenvalue weighted by Gasteiger charge is 2.30. The van der Waals surface area contributed by atoms with Crippen molar-refractivity contribution < 1.29 is 14.6 Å². The van der Waals surface area contributed by atoms with Gasteiger partial charge < -0.3 is 9.84 Å². The third-order valence-electron chi connectivity index (χ3n) is 4.56. The molecule has 0 aromatic heterocycles. The van der Waals surface area contributed by atoms with Crippen LogP contribution in [0, 0.1) is 5.92 Å². The smallest absolute Gasteiger partial charge is 0.307 e. The number of piperidine rings is 1. The lowest BCUT2D eigenvalue weighted by atomic mass is 9.93. The van der Waals surface area contributed by atoms with Gasteiger partial charge in [0.2, 0.25) is 0 Å². The Hall–Kier alpha value is -1.07. The van der Waals surface area contributed by atoms with Crippen molar-refractivity contribution in [3.63, 3.8) is 0 Å². The van der Waals surface area contributed by atoms with Crippen LogP contribution in [0.5, 0.6) is 5.75 Å². The van der Waals surface area contributed by atoms with Crippen LogP contribution >= 0.6 is 15.9 Å². The molecule has 2 heterocycles. The molecule has 1 aromatic carbocycles. The Kier molecular flexibility index (Phi) is 4.22. The van der Waals surface area contributed by atoms with E-state index in [0.29, 0.717) is 12.6 Å². The number of fused-ring (bicyclic) bond motifs is 1. The summed E-state index contributed by atoms with van der Waals surface area (Å²) in [5.74, 6) is 0.0767. The summed E-state index contributed by atoms with van der Waals surface area (Å²) in [6.07, 6.45) is 2.67. The Bertz CT molecular complexity index is 561. The van der Waals surface area contributed by atoms with Gasteiger partial charge in [0.1, 0.15) is 5.75 Å². The molecular formula is C16H20BrNO3. The van der Waals surface area contributed by atoms with E-state index in [0.717, 1.165) is 48.2 Å². The fraction of sp³-hybridized carbons (Fsp3) is 0.562. The Morgan fingerprint density at radius 3 is 3.05 bits per heavy atom. The highest BCUT2D eigenvalue weighted by molar-refractivity contribution is 9.10. The SMILES string of the molecule is CC1CCC(C(=O)O)CN1Cc1cc(Br)cc2c1OCC2. The van der Waals surface area contributed by atoms with Crippen molar-refractivity contribution >= 4 is 21.9 Å². The average molecular weight is 354 g/mol. The summed E-state index contributed by atoms with van der Waals surface area (Å²) in [6.45, 7) is 4.30. The van der Waals surface area contributed by atoms with Gasteiger partial charge in [0.15, 0.2) is 0 Å². The number of hydrogen-bond donors (Lipinski definition) is 1. The molecule has 3 rings (SSSR count). The van der Waals surface area contributed by atoms with Gasteiger partial charge >= 0.3 is 5.97 Å². The quantitative estimate of drug-likeness (QED) is 0.907. The van der Waals surface area contributed by atoms with Crippen molar-refractivity contribution in [3.8, 4) is 5.75 Å². The summed E-state index contributed by atoms with van der Waals surface area (Å²) in [5, 5.41) is 9.25. The molecule has 2 aliphatic heterocycles. The Labute approximate surface area is 133 Å². The van der Waals surface area contributed by atoms with Crippen LogP contribution < -0.4 is 4.74 Å². The fourth-order valence-electron chi connectivity index (χ4n) is 3.28. The van der Waals surface area contributed by atoms with Crippen LogP contribution in [0.1, 0.15) is 30.9 Å². The fourth-order valence-corrected chi connectivity index (χ4v) is 3.84. The van der Waals surface area contributed by atoms with Crippen LogP contribution in [0.4, 0.5) is 0 Å². The van der Waals surface area contributed by atoms with Gasteiger partial charge in [-0.1, -0.05) is 15.9 Å². The van der Waals surface area contributed by atoms with Crippen LogP contribution in [0.3, 0.4) is 0 Å². The third-order valence-corrected chi connectivity index (χ3v) is 5.02. The van der Waals surface area contributed by atoms with Crippen molar-refractivity contribution in [2.24, 2.45) is 5.92 Å². The first-order valence-corrected chi connectivity index (χ1v) is 8.25. The first-order chi connectivity index (χ1) is 10.0. The van der Waals surface area contributed by atoms with Crippen LogP contribution in [0.2, 0.25) is 0 Å². The Morgan fingerprint density at radius 2 is 2.29 bits per heavy atom. The highest BCUT2D eigenvalue weighted by Crippen LogP contribution is 2.35. The van der Waals surface area contributed by atoms with E-state index in [1.165, 1.54) is 5.56 Å². The largest absolute Gasteiger partial charge is 0.493 e. The minimum atomic E-state index is -0.678. The third kappa shape index (κ3) is 3.09. The molecule has 0 saturated carbocycles. The standard InChI is InChI=1S/C16H20BrNO3/c1-10-2-3-12(16(19)20)8-18(10)9-13-7-14(17)6-11-4-5-21-15(11)13/h6-7,10,12H,2-5,8-9H2,1H3,(H,19,20). The molecule has 5 heteroatoms. The molecule has 1 aromatic rings. The van der Waals surface area contributed by atoms with E-state index in [4.69, 9.17) is 4.74 Å². The predicted molar refractivity (Wildman–Crippen MR) is 83.6 cm³/mol. The van der Waals surface area contributed by atoms with E-state index in [2.05, 4.69) is 39.9 Å². The molecule has 0 amide bonds. The van der Waals surface area contributed by atoms with Gasteiger partial charge in [-0.2, -0.15) is 0 Å². The van der Waals surface area contributed by atoms with Crippen molar-refractivity contribution in [1.82, 2.24) is 4.90 Å². The molecule has 0 bridgehead atoms. The van der Waals surface area contributed by atoms with Gasteiger partial charge in [0.05, 0.1) is 12.5 Å². The zero-order valence-corrected chi connectivity index (χ0v) is 13.7. The van der Waals surface area contributed by atoms with Crippen molar-refractivity contribution in [3.05, 3.63) is 27.7 Å². The number of benzene rings is 1. The molecular weight excluding hydrogens is 334 g/mol. The van der Waals surface area contributed by atoms with E-state index >= 15 is 0 Å². The molecule has 1 fully saturated rings. The molecule has 21 heavy (non-hydrogen) atoms. The number of likely N-dealkylation sites (tertiary alicyclic amines) is 1. The second-order valence-electron chi connectivity index (χ2n) is 6.04. The maximum absolute atomic E-state index is 11.2. The maximum atomic E-state index is 11.2. The van der Waals surface area contributed by atoms with Crippen molar-refractivity contribution in [2.75, 3.05) is 13.2 Å². The number of aliphatic carboxylic acids is 1. The van der Waals surface area contributed by atoms with Gasteiger partial charge in [0, 0.05) is 35.6 Å². The van der Waals surface area contributed by atoms with Gasteiger partial charge in [-0.25, -0.2) is 0 Å². The molecule has 1 saturated heterocycles. The first kappa shape index (κ1) is 14.9. The van der Waals surface area contributed by atoms with Crippen molar-refractivity contribution in [1.29, 1.82) is 0 Å². The summed E-state index contributed by atoms with van der Waals surface area (Å²) in [7, 11) is 0. The second-order valence-corrected chi connectivity index (χ2v) is 6.96. The number of halogens is 1. The van der Waals surface area contributed by atoms with Gasteiger partial charge in [-0.05, 0) is 37.5 Å². The van der Waals surface area contributed by atoms with Crippen LogP contribution in [0.25, 0.3) is 0 Å². The Morgan fingerprint density at radius 1 is 1.48 bits per heavy atom. The zero-order valence-electron chi connectivity index (χ0n) is 12.1. The molecule has 0 aliphatic carbocycles. The molecule has 2 unspecified atom stereocenters. The van der Waals surface area contributed by atoms with Crippen LogP contribution in [-0.2, 0) is 17.8 Å². The first-order valence-electron chi connectivity index (χ1n) is 7.45. The van der Waals surface area contributed by atoms with Crippen molar-refractivity contribution in [2.45, 2.75) is 38.8 Å². The summed E-state index contributed by atoms with van der Waals surface area (Å²) < 4.78 is 6.84. The Balaban J connectivity index is 1.81. The van der Waals surface area contributed by atoms with Gasteiger partial charge in [0.25, 0.3) is 0 Å². The molecule has 4 nitrogen and oxygen atoms in total. The van der Waals surface area contributed by atoms with E-state index in [1.807, 2.05) is 0 Å². The molecule has 2 aliphatic rings. The minimum absolute atomic E-state index is 0.248. The van der Waals surface area contributed by atoms with Crippen LogP contribution in [0.15, 0.2) is 16.6 Å². The molecule has 0 radical (unpaired) electrons. The van der Waals surface area contributed by atoms with E-state index in [9.17, 15) is 9.90 Å². The van der Waals surface area contributed by atoms with E-state index < -0.39 is 5.97 Å². The van der Waals surface area contributed by atoms with E-state index in [1.54, 1.807) is 0 Å². The summed E-state index contributed by atoms with van der Waals surface area (Å²) >= 11 is 3.56. The number of carbonyl (C=O) groups is 1. The van der Waals surface area contributed by atoms with Gasteiger partial charge in [-0.3, -0.25) is 9.69 Å². The summed E-state index contributed by atoms with van der Waals surface area (Å²) in [4.78, 5) is 13.5. The number of ether oxygens (including phenoxy) is 1. The monoisotopic (exact) mass is 353 g/mol.